The van der Waals surface area contributed by atoms with Crippen molar-refractivity contribution in [3.8, 4) is 0 Å². The molecule has 1 amide bonds. The van der Waals surface area contributed by atoms with Gasteiger partial charge in [-0.2, -0.15) is 5.10 Å². The van der Waals surface area contributed by atoms with Gasteiger partial charge in [-0.05, 0) is 18.1 Å². The van der Waals surface area contributed by atoms with Crippen LogP contribution in [0.1, 0.15) is 35.8 Å². The number of carbonyl (C=O) groups excluding carboxylic acids is 1. The lowest BCUT2D eigenvalue weighted by Gasteiger charge is -2.16. The zero-order valence-corrected chi connectivity index (χ0v) is 10.5. The van der Waals surface area contributed by atoms with E-state index < -0.39 is 5.91 Å². The van der Waals surface area contributed by atoms with Gasteiger partial charge in [0.25, 0.3) is 5.91 Å². The van der Waals surface area contributed by atoms with Crippen LogP contribution in [0, 0.1) is 5.92 Å². The molecule has 2 aromatic rings. The Hall–Kier alpha value is -1.88. The number of hydrogen-bond donors (Lipinski definition) is 2. The summed E-state index contributed by atoms with van der Waals surface area (Å²) >= 11 is 0. The topological polar surface area (TPSA) is 80.6 Å². The van der Waals surface area contributed by atoms with Crippen LogP contribution in [0.4, 0.5) is 0 Å². The molecule has 0 saturated heterocycles. The number of hydrogen-bond acceptors (Lipinski definition) is 3. The second kappa shape index (κ2) is 4.78. The number of nitrogens with zero attached hydrogens (tertiary/aromatic N) is 2. The number of aromatic nitrogens is 2. The van der Waals surface area contributed by atoms with E-state index in [1.54, 1.807) is 16.8 Å². The second-order valence-electron chi connectivity index (χ2n) is 4.69. The maximum atomic E-state index is 11.6. The van der Waals surface area contributed by atoms with Gasteiger partial charge in [0.05, 0.1) is 23.4 Å². The Morgan fingerprint density at radius 3 is 2.78 bits per heavy atom. The van der Waals surface area contributed by atoms with E-state index in [1.165, 1.54) is 0 Å². The summed E-state index contributed by atoms with van der Waals surface area (Å²) in [5.74, 6) is -0.518. The number of primary amides is 1. The van der Waals surface area contributed by atoms with Crippen LogP contribution >= 0.6 is 0 Å². The van der Waals surface area contributed by atoms with Crippen molar-refractivity contribution in [1.82, 2.24) is 9.61 Å². The molecule has 2 rings (SSSR count). The summed E-state index contributed by atoms with van der Waals surface area (Å²) in [5, 5.41) is 13.9. The number of amides is 1. The molecule has 18 heavy (non-hydrogen) atoms. The lowest BCUT2D eigenvalue weighted by molar-refractivity contribution is 0.0999. The van der Waals surface area contributed by atoms with E-state index in [0.717, 1.165) is 0 Å². The Bertz CT molecular complexity index is 575. The molecule has 0 aliphatic heterocycles. The number of aliphatic hydroxyl groups excluding tert-OH is 1. The van der Waals surface area contributed by atoms with Crippen molar-refractivity contribution >= 4 is 11.4 Å². The Morgan fingerprint density at radius 2 is 2.22 bits per heavy atom. The van der Waals surface area contributed by atoms with E-state index in [4.69, 9.17) is 5.73 Å². The van der Waals surface area contributed by atoms with Gasteiger partial charge in [0, 0.05) is 12.1 Å². The summed E-state index contributed by atoms with van der Waals surface area (Å²) in [6.07, 6.45) is 1.76. The minimum Gasteiger partial charge on any atom is -0.396 e. The third kappa shape index (κ3) is 1.97. The third-order valence-electron chi connectivity index (χ3n) is 3.17. The van der Waals surface area contributed by atoms with Crippen molar-refractivity contribution in [3.63, 3.8) is 0 Å². The lowest BCUT2D eigenvalue weighted by atomic mass is 9.90. The molecule has 0 bridgehead atoms. The number of aliphatic hydroxyl groups is 1. The van der Waals surface area contributed by atoms with Crippen LogP contribution in [0.2, 0.25) is 0 Å². The Kier molecular flexibility index (Phi) is 3.34. The van der Waals surface area contributed by atoms with Crippen molar-refractivity contribution in [2.24, 2.45) is 11.7 Å². The molecule has 0 radical (unpaired) electrons. The fraction of sp³-hybridized carbons (Fsp3) is 0.385. The van der Waals surface area contributed by atoms with Crippen LogP contribution in [-0.4, -0.2) is 27.2 Å². The zero-order valence-electron chi connectivity index (χ0n) is 10.5. The van der Waals surface area contributed by atoms with Gasteiger partial charge in [0.1, 0.15) is 0 Å². The SMILES string of the molecule is CC(C)[C@H](CO)c1nn2ccccc2c1C(N)=O. The Labute approximate surface area is 105 Å². The molecule has 0 unspecified atom stereocenters. The van der Waals surface area contributed by atoms with Gasteiger partial charge in [-0.15, -0.1) is 0 Å². The Morgan fingerprint density at radius 1 is 1.50 bits per heavy atom. The van der Waals surface area contributed by atoms with Crippen LogP contribution in [0.25, 0.3) is 5.52 Å². The van der Waals surface area contributed by atoms with Crippen LogP contribution in [0.15, 0.2) is 24.4 Å². The van der Waals surface area contributed by atoms with Gasteiger partial charge in [0.15, 0.2) is 0 Å². The molecule has 0 aromatic carbocycles. The molecule has 1 atom stereocenters. The summed E-state index contributed by atoms with van der Waals surface area (Å²) in [6.45, 7) is 3.91. The highest BCUT2D eigenvalue weighted by molar-refractivity contribution is 6.01. The molecule has 0 aliphatic rings. The summed E-state index contributed by atoms with van der Waals surface area (Å²) in [6, 6.07) is 5.46. The van der Waals surface area contributed by atoms with E-state index in [-0.39, 0.29) is 18.4 Å². The lowest BCUT2D eigenvalue weighted by Crippen LogP contribution is -2.19. The number of carbonyl (C=O) groups is 1. The zero-order chi connectivity index (χ0) is 13.3. The van der Waals surface area contributed by atoms with Gasteiger partial charge in [-0.25, -0.2) is 4.52 Å². The number of pyridine rings is 1. The molecule has 2 aromatic heterocycles. The number of rotatable bonds is 4. The summed E-state index contributed by atoms with van der Waals surface area (Å²) in [7, 11) is 0. The largest absolute Gasteiger partial charge is 0.396 e. The van der Waals surface area contributed by atoms with Gasteiger partial charge >= 0.3 is 0 Å². The van der Waals surface area contributed by atoms with Crippen molar-refractivity contribution in [2.75, 3.05) is 6.61 Å². The van der Waals surface area contributed by atoms with Gasteiger partial charge in [0.2, 0.25) is 0 Å². The van der Waals surface area contributed by atoms with E-state index in [0.29, 0.717) is 16.8 Å². The van der Waals surface area contributed by atoms with Gasteiger partial charge in [-0.1, -0.05) is 19.9 Å². The normalized spacial score (nSPS) is 13.1. The molecular weight excluding hydrogens is 230 g/mol. The molecule has 2 heterocycles. The van der Waals surface area contributed by atoms with Crippen LogP contribution in [0.3, 0.4) is 0 Å². The maximum Gasteiger partial charge on any atom is 0.252 e. The highest BCUT2D eigenvalue weighted by atomic mass is 16.3. The first-order chi connectivity index (χ1) is 8.56. The first-order valence-corrected chi connectivity index (χ1v) is 5.94. The summed E-state index contributed by atoms with van der Waals surface area (Å²) in [5.41, 5.74) is 7.10. The van der Waals surface area contributed by atoms with Crippen molar-refractivity contribution in [1.29, 1.82) is 0 Å². The average molecular weight is 247 g/mol. The average Bonchev–Trinajstić information content (AvgIpc) is 2.68. The van der Waals surface area contributed by atoms with E-state index in [9.17, 15) is 9.90 Å². The number of fused-ring (bicyclic) bond motifs is 1. The molecule has 3 N–H and O–H groups in total. The predicted octanol–water partition coefficient (Wildman–Crippen LogP) is 1.17. The fourth-order valence-electron chi connectivity index (χ4n) is 2.14. The van der Waals surface area contributed by atoms with E-state index >= 15 is 0 Å². The van der Waals surface area contributed by atoms with Crippen molar-refractivity contribution in [3.05, 3.63) is 35.7 Å². The maximum absolute atomic E-state index is 11.6. The van der Waals surface area contributed by atoms with Gasteiger partial charge < -0.3 is 10.8 Å². The monoisotopic (exact) mass is 247 g/mol. The standard InChI is InChI=1S/C13H17N3O2/c1-8(2)9(7-17)12-11(13(14)18)10-5-3-4-6-16(10)15-12/h3-6,8-9,17H,7H2,1-2H3,(H2,14,18)/t9-/m0/s1. The van der Waals surface area contributed by atoms with E-state index in [2.05, 4.69) is 5.10 Å². The Balaban J connectivity index is 2.69. The summed E-state index contributed by atoms with van der Waals surface area (Å²) < 4.78 is 1.63. The molecule has 0 fully saturated rings. The van der Waals surface area contributed by atoms with E-state index in [1.807, 2.05) is 26.0 Å². The molecule has 96 valence electrons. The minimum atomic E-state index is -0.509. The van der Waals surface area contributed by atoms with Gasteiger partial charge in [-0.3, -0.25) is 4.79 Å². The van der Waals surface area contributed by atoms with Crippen LogP contribution < -0.4 is 5.73 Å². The minimum absolute atomic E-state index is 0.0537. The van der Waals surface area contributed by atoms with Crippen molar-refractivity contribution in [2.45, 2.75) is 19.8 Å². The first kappa shape index (κ1) is 12.6. The molecule has 5 heteroatoms. The molecular formula is C13H17N3O2. The van der Waals surface area contributed by atoms with Crippen molar-refractivity contribution < 1.29 is 9.90 Å². The molecule has 0 aliphatic carbocycles. The second-order valence-corrected chi connectivity index (χ2v) is 4.69. The molecule has 0 spiro atoms. The molecule has 5 nitrogen and oxygen atoms in total. The smallest absolute Gasteiger partial charge is 0.252 e. The quantitative estimate of drug-likeness (QED) is 0.850. The summed E-state index contributed by atoms with van der Waals surface area (Å²) in [4.78, 5) is 11.6. The highest BCUT2D eigenvalue weighted by Crippen LogP contribution is 2.28. The number of nitrogens with two attached hydrogens (primary N) is 1. The highest BCUT2D eigenvalue weighted by Gasteiger charge is 2.26. The predicted molar refractivity (Wildman–Crippen MR) is 68.4 cm³/mol. The third-order valence-corrected chi connectivity index (χ3v) is 3.17. The van der Waals surface area contributed by atoms with Crippen LogP contribution in [-0.2, 0) is 0 Å². The molecule has 0 saturated carbocycles. The fourth-order valence-corrected chi connectivity index (χ4v) is 2.14. The van der Waals surface area contributed by atoms with Crippen LogP contribution in [0.5, 0.6) is 0 Å². The first-order valence-electron chi connectivity index (χ1n) is 5.94.